The summed E-state index contributed by atoms with van der Waals surface area (Å²) in [5, 5.41) is 2.53. The Hall–Kier alpha value is -7.74. The number of hydrogen-bond acceptors (Lipinski definition) is 1. The Morgan fingerprint density at radius 1 is 0.303 bits per heavy atom. The van der Waals surface area contributed by atoms with Crippen molar-refractivity contribution in [3.63, 3.8) is 0 Å². The highest BCUT2D eigenvalue weighted by Gasteiger charge is 2.47. The van der Waals surface area contributed by atoms with E-state index in [4.69, 9.17) is 0 Å². The second-order valence-electron chi connectivity index (χ2n) is 19.6. The Labute approximate surface area is 388 Å². The van der Waals surface area contributed by atoms with E-state index in [0.29, 0.717) is 0 Å². The monoisotopic (exact) mass is 843 g/mol. The van der Waals surface area contributed by atoms with E-state index in [9.17, 15) is 0 Å². The molecule has 1 nitrogen and oxygen atoms in total. The molecule has 0 aliphatic heterocycles. The van der Waals surface area contributed by atoms with Crippen LogP contribution in [0.5, 0.6) is 0 Å². The van der Waals surface area contributed by atoms with Crippen LogP contribution in [0.4, 0.5) is 17.1 Å². The van der Waals surface area contributed by atoms with Gasteiger partial charge in [-0.1, -0.05) is 216 Å². The van der Waals surface area contributed by atoms with Crippen LogP contribution < -0.4 is 4.90 Å². The van der Waals surface area contributed by atoms with E-state index >= 15 is 0 Å². The summed E-state index contributed by atoms with van der Waals surface area (Å²) in [5.74, 6) is 0. The van der Waals surface area contributed by atoms with Crippen LogP contribution in [0.15, 0.2) is 224 Å². The van der Waals surface area contributed by atoms with Crippen LogP contribution >= 0.6 is 0 Å². The topological polar surface area (TPSA) is 3.24 Å². The lowest BCUT2D eigenvalue weighted by atomic mass is 9.67. The minimum Gasteiger partial charge on any atom is -0.310 e. The molecule has 0 radical (unpaired) electrons. The Balaban J connectivity index is 1.10. The van der Waals surface area contributed by atoms with Gasteiger partial charge in [0.25, 0.3) is 0 Å². The smallest absolute Gasteiger partial charge is 0.0714 e. The van der Waals surface area contributed by atoms with Gasteiger partial charge in [-0.25, -0.2) is 0 Å². The SMILES string of the molecule is CC1(C)c2ccccc2-c2ccc(N(c3ccc4c(c3)C(c3ccccc3)(c3ccccc3)c3ccccc3-4)c3cc4c(c5ccccc35)C(C)(C)c3cc(-c5ccccc5)ccc3-4)cc21. The van der Waals surface area contributed by atoms with E-state index in [1.807, 2.05) is 0 Å². The predicted molar refractivity (Wildman–Crippen MR) is 276 cm³/mol. The van der Waals surface area contributed by atoms with Gasteiger partial charge in [-0.15, -0.1) is 0 Å². The molecule has 10 aromatic carbocycles. The molecule has 0 heterocycles. The summed E-state index contributed by atoms with van der Waals surface area (Å²) in [6, 6.07) is 84.5. The molecule has 0 saturated heterocycles. The highest BCUT2D eigenvalue weighted by molar-refractivity contribution is 6.08. The van der Waals surface area contributed by atoms with E-state index in [0.717, 1.165) is 11.4 Å². The van der Waals surface area contributed by atoms with Gasteiger partial charge < -0.3 is 4.90 Å². The van der Waals surface area contributed by atoms with Gasteiger partial charge in [-0.3, -0.25) is 0 Å². The molecule has 0 saturated carbocycles. The largest absolute Gasteiger partial charge is 0.310 e. The number of fused-ring (bicyclic) bond motifs is 11. The lowest BCUT2D eigenvalue weighted by Crippen LogP contribution is -2.28. The van der Waals surface area contributed by atoms with E-state index in [1.54, 1.807) is 0 Å². The molecular weight excluding hydrogens is 795 g/mol. The normalized spacial score (nSPS) is 15.0. The molecular formula is C65H49N. The lowest BCUT2D eigenvalue weighted by Gasteiger charge is -2.35. The molecule has 314 valence electrons. The van der Waals surface area contributed by atoms with Crippen molar-refractivity contribution in [3.05, 3.63) is 269 Å². The minimum absolute atomic E-state index is 0.164. The van der Waals surface area contributed by atoms with Crippen LogP contribution in [-0.4, -0.2) is 0 Å². The molecule has 0 aromatic heterocycles. The van der Waals surface area contributed by atoms with Crippen LogP contribution in [0.1, 0.15) is 72.2 Å². The van der Waals surface area contributed by atoms with Crippen molar-refractivity contribution >= 4 is 27.8 Å². The number of rotatable bonds is 6. The first kappa shape index (κ1) is 38.7. The van der Waals surface area contributed by atoms with Crippen LogP contribution in [-0.2, 0) is 16.2 Å². The third kappa shape index (κ3) is 5.29. The zero-order valence-corrected chi connectivity index (χ0v) is 37.8. The fraction of sp³-hybridized carbons (Fsp3) is 0.108. The van der Waals surface area contributed by atoms with E-state index in [1.165, 1.54) is 105 Å². The van der Waals surface area contributed by atoms with Crippen molar-refractivity contribution in [3.8, 4) is 44.5 Å². The molecule has 0 N–H and O–H groups in total. The maximum absolute atomic E-state index is 2.58. The standard InChI is InChI=1S/C65H49N/c1-63(2)56-30-18-16-26-48(56)50-36-33-46(39-59(50)63)66(47-34-37-51-49-27-17-19-31-57(49)65(60(51)40-47,44-22-10-6-11-23-44)45-24-12-7-13-25-45)61-41-55-52-35-32-43(42-20-8-5-9-21-42)38-58(52)64(3,4)62(55)54-29-15-14-28-53(54)61/h5-41H,1-4H3. The van der Waals surface area contributed by atoms with Crippen molar-refractivity contribution in [2.45, 2.75) is 43.9 Å². The average molecular weight is 844 g/mol. The quantitative estimate of drug-likeness (QED) is 0.161. The number of benzene rings is 10. The van der Waals surface area contributed by atoms with Crippen LogP contribution in [0.3, 0.4) is 0 Å². The number of anilines is 3. The molecule has 66 heavy (non-hydrogen) atoms. The maximum atomic E-state index is 2.58. The highest BCUT2D eigenvalue weighted by Crippen LogP contribution is 2.60. The van der Waals surface area contributed by atoms with E-state index in [-0.39, 0.29) is 10.8 Å². The minimum atomic E-state index is -0.531. The summed E-state index contributed by atoms with van der Waals surface area (Å²) in [6.07, 6.45) is 0. The molecule has 3 aliphatic carbocycles. The number of nitrogens with zero attached hydrogens (tertiary/aromatic N) is 1. The molecule has 0 fully saturated rings. The third-order valence-electron chi connectivity index (χ3n) is 15.5. The fourth-order valence-electron chi connectivity index (χ4n) is 12.5. The predicted octanol–water partition coefficient (Wildman–Crippen LogP) is 17.0. The second kappa shape index (κ2) is 14.1. The summed E-state index contributed by atoms with van der Waals surface area (Å²) < 4.78 is 0. The molecule has 1 heteroatoms. The first-order valence-electron chi connectivity index (χ1n) is 23.4. The van der Waals surface area contributed by atoms with E-state index < -0.39 is 5.41 Å². The molecule has 0 unspecified atom stereocenters. The molecule has 0 spiro atoms. The zero-order chi connectivity index (χ0) is 44.4. The van der Waals surface area contributed by atoms with Crippen molar-refractivity contribution < 1.29 is 0 Å². The summed E-state index contributed by atoms with van der Waals surface area (Å²) in [5.41, 5.74) is 23.5. The molecule has 10 aromatic rings. The second-order valence-corrected chi connectivity index (χ2v) is 19.6. The fourth-order valence-corrected chi connectivity index (χ4v) is 12.5. The molecule has 13 rings (SSSR count). The third-order valence-corrected chi connectivity index (χ3v) is 15.5. The van der Waals surface area contributed by atoms with Crippen LogP contribution in [0, 0.1) is 0 Å². The van der Waals surface area contributed by atoms with Crippen molar-refractivity contribution in [1.29, 1.82) is 0 Å². The molecule has 0 amide bonds. The van der Waals surface area contributed by atoms with Crippen LogP contribution in [0.2, 0.25) is 0 Å². The van der Waals surface area contributed by atoms with Gasteiger partial charge in [-0.2, -0.15) is 0 Å². The van der Waals surface area contributed by atoms with E-state index in [2.05, 4.69) is 257 Å². The Morgan fingerprint density at radius 3 is 1.44 bits per heavy atom. The summed E-state index contributed by atoms with van der Waals surface area (Å²) >= 11 is 0. The Kier molecular flexibility index (Phi) is 8.28. The summed E-state index contributed by atoms with van der Waals surface area (Å²) in [7, 11) is 0. The first-order valence-corrected chi connectivity index (χ1v) is 23.4. The van der Waals surface area contributed by atoms with Gasteiger partial charge in [-0.05, 0) is 131 Å². The number of hydrogen-bond donors (Lipinski definition) is 0. The van der Waals surface area contributed by atoms with Gasteiger partial charge in [0.1, 0.15) is 0 Å². The van der Waals surface area contributed by atoms with Gasteiger partial charge >= 0.3 is 0 Å². The molecule has 0 bridgehead atoms. The molecule has 0 atom stereocenters. The van der Waals surface area contributed by atoms with Crippen molar-refractivity contribution in [1.82, 2.24) is 0 Å². The Bertz CT molecular complexity index is 3540. The lowest BCUT2D eigenvalue weighted by molar-refractivity contribution is 0.660. The highest BCUT2D eigenvalue weighted by atomic mass is 15.1. The average Bonchev–Trinajstić information content (AvgIpc) is 3.89. The van der Waals surface area contributed by atoms with Crippen molar-refractivity contribution in [2.75, 3.05) is 4.90 Å². The zero-order valence-electron chi connectivity index (χ0n) is 37.8. The van der Waals surface area contributed by atoms with Gasteiger partial charge in [0.15, 0.2) is 0 Å². The summed E-state index contributed by atoms with van der Waals surface area (Å²) in [6.45, 7) is 9.61. The van der Waals surface area contributed by atoms with Gasteiger partial charge in [0.2, 0.25) is 0 Å². The van der Waals surface area contributed by atoms with Gasteiger partial charge in [0.05, 0.1) is 11.1 Å². The first-order chi connectivity index (χ1) is 32.3. The molecule has 3 aliphatic rings. The van der Waals surface area contributed by atoms with Gasteiger partial charge in [0, 0.05) is 27.6 Å². The van der Waals surface area contributed by atoms with Crippen molar-refractivity contribution in [2.24, 2.45) is 0 Å². The maximum Gasteiger partial charge on any atom is 0.0714 e. The van der Waals surface area contributed by atoms with Crippen LogP contribution in [0.25, 0.3) is 55.3 Å². The Morgan fingerprint density at radius 2 is 0.773 bits per heavy atom. The summed E-state index contributed by atoms with van der Waals surface area (Å²) in [4.78, 5) is 2.58.